The molecule has 2 N–H and O–H groups in total. The molecule has 0 spiro atoms. The first kappa shape index (κ1) is 15.1. The van der Waals surface area contributed by atoms with Crippen LogP contribution in [0.3, 0.4) is 0 Å². The van der Waals surface area contributed by atoms with Gasteiger partial charge in [-0.3, -0.25) is 0 Å². The number of nitrogens with one attached hydrogen (secondary N) is 1. The van der Waals surface area contributed by atoms with Gasteiger partial charge in [0.15, 0.2) is 0 Å². The lowest BCUT2D eigenvalue weighted by Crippen LogP contribution is -2.21. The van der Waals surface area contributed by atoms with Gasteiger partial charge in [-0.1, -0.05) is 31.2 Å². The van der Waals surface area contributed by atoms with Gasteiger partial charge in [-0.25, -0.2) is 14.8 Å². The normalized spacial score (nSPS) is 12.1. The van der Waals surface area contributed by atoms with Crippen LogP contribution in [0.4, 0.5) is 0 Å². The second kappa shape index (κ2) is 6.95. The topological polar surface area (TPSA) is 75.1 Å². The van der Waals surface area contributed by atoms with Crippen molar-refractivity contribution in [1.29, 1.82) is 0 Å². The molecule has 1 heterocycles. The van der Waals surface area contributed by atoms with Crippen LogP contribution in [0.25, 0.3) is 0 Å². The average molecular weight is 285 g/mol. The highest BCUT2D eigenvalue weighted by Gasteiger charge is 2.12. The van der Waals surface area contributed by atoms with Crippen LogP contribution in [0.15, 0.2) is 36.8 Å². The molecule has 5 nitrogen and oxygen atoms in total. The molecule has 0 fully saturated rings. The van der Waals surface area contributed by atoms with Crippen LogP contribution in [0, 0.1) is 0 Å². The first-order valence-electron chi connectivity index (χ1n) is 6.96. The molecule has 1 aromatic carbocycles. The number of carboxylic acid groups (broad SMARTS) is 1. The number of carboxylic acids is 1. The van der Waals surface area contributed by atoms with E-state index >= 15 is 0 Å². The zero-order valence-electron chi connectivity index (χ0n) is 12.2. The van der Waals surface area contributed by atoms with E-state index in [2.05, 4.69) is 46.5 Å². The van der Waals surface area contributed by atoms with Crippen LogP contribution >= 0.6 is 0 Å². The Kier molecular flexibility index (Phi) is 5.00. The first-order valence-corrected chi connectivity index (χ1v) is 6.96. The van der Waals surface area contributed by atoms with Crippen LogP contribution in [0.1, 0.15) is 47.1 Å². The number of hydrogen-bond donors (Lipinski definition) is 2. The lowest BCUT2D eigenvalue weighted by molar-refractivity contribution is 0.0694. The van der Waals surface area contributed by atoms with Crippen molar-refractivity contribution in [1.82, 2.24) is 15.3 Å². The van der Waals surface area contributed by atoms with E-state index < -0.39 is 5.97 Å². The highest BCUT2D eigenvalue weighted by atomic mass is 16.4. The molecule has 5 heteroatoms. The zero-order valence-corrected chi connectivity index (χ0v) is 12.2. The van der Waals surface area contributed by atoms with E-state index in [4.69, 9.17) is 5.11 Å². The molecule has 110 valence electrons. The lowest BCUT2D eigenvalue weighted by atomic mass is 10.0. The van der Waals surface area contributed by atoms with Crippen LogP contribution in [-0.4, -0.2) is 21.0 Å². The van der Waals surface area contributed by atoms with Crippen molar-refractivity contribution in [3.05, 3.63) is 59.2 Å². The van der Waals surface area contributed by atoms with Crippen molar-refractivity contribution in [3.63, 3.8) is 0 Å². The highest BCUT2D eigenvalue weighted by molar-refractivity contribution is 5.88. The summed E-state index contributed by atoms with van der Waals surface area (Å²) in [5.41, 5.74) is 3.10. The molecule has 1 unspecified atom stereocenters. The van der Waals surface area contributed by atoms with Crippen molar-refractivity contribution in [2.45, 2.75) is 32.9 Å². The van der Waals surface area contributed by atoms with E-state index in [1.54, 1.807) is 0 Å². The molecule has 0 bridgehead atoms. The molecule has 0 amide bonds. The number of aryl methyl sites for hydroxylation is 1. The monoisotopic (exact) mass is 285 g/mol. The summed E-state index contributed by atoms with van der Waals surface area (Å²) >= 11 is 0. The van der Waals surface area contributed by atoms with Gasteiger partial charge in [-0.15, -0.1) is 0 Å². The third-order valence-corrected chi connectivity index (χ3v) is 3.49. The van der Waals surface area contributed by atoms with Crippen LogP contribution in [0.5, 0.6) is 0 Å². The van der Waals surface area contributed by atoms with Gasteiger partial charge in [0.05, 0.1) is 5.69 Å². The number of rotatable bonds is 6. The van der Waals surface area contributed by atoms with E-state index in [-0.39, 0.29) is 11.6 Å². The van der Waals surface area contributed by atoms with Gasteiger partial charge >= 0.3 is 5.97 Å². The number of aromatic carboxylic acids is 1. The fraction of sp³-hybridized carbons (Fsp3) is 0.312. The van der Waals surface area contributed by atoms with Crippen molar-refractivity contribution < 1.29 is 9.90 Å². The van der Waals surface area contributed by atoms with Crippen LogP contribution in [-0.2, 0) is 13.0 Å². The summed E-state index contributed by atoms with van der Waals surface area (Å²) in [6.45, 7) is 4.56. The van der Waals surface area contributed by atoms with E-state index in [1.165, 1.54) is 18.1 Å². The van der Waals surface area contributed by atoms with Crippen molar-refractivity contribution >= 4 is 5.97 Å². The van der Waals surface area contributed by atoms with Gasteiger partial charge in [0.1, 0.15) is 11.9 Å². The predicted octanol–water partition coefficient (Wildman–Crippen LogP) is 2.59. The Bertz CT molecular complexity index is 611. The van der Waals surface area contributed by atoms with Gasteiger partial charge in [-0.2, -0.15) is 0 Å². The summed E-state index contributed by atoms with van der Waals surface area (Å²) in [5.74, 6) is -1.01. The second-order valence-corrected chi connectivity index (χ2v) is 4.89. The Hall–Kier alpha value is -2.27. The summed E-state index contributed by atoms with van der Waals surface area (Å²) in [6.07, 6.45) is 3.71. The van der Waals surface area contributed by atoms with E-state index in [0.717, 1.165) is 12.0 Å². The molecule has 2 aromatic rings. The minimum absolute atomic E-state index is 0.118. The highest BCUT2D eigenvalue weighted by Crippen LogP contribution is 2.15. The Morgan fingerprint density at radius 3 is 2.67 bits per heavy atom. The molecular formula is C16H19N3O2. The number of aromatic nitrogens is 2. The number of carbonyl (C=O) groups is 1. The SMILES string of the molecule is CCc1ccc(C(C)NCc2ncncc2C(=O)O)cc1. The Morgan fingerprint density at radius 2 is 2.05 bits per heavy atom. The van der Waals surface area contributed by atoms with Gasteiger partial charge in [0, 0.05) is 18.8 Å². The minimum Gasteiger partial charge on any atom is -0.478 e. The fourth-order valence-corrected chi connectivity index (χ4v) is 2.08. The van der Waals surface area contributed by atoms with Crippen molar-refractivity contribution in [2.24, 2.45) is 0 Å². The molecule has 1 atom stereocenters. The van der Waals surface area contributed by atoms with E-state index in [1.807, 2.05) is 6.92 Å². The van der Waals surface area contributed by atoms with Crippen molar-refractivity contribution in [2.75, 3.05) is 0 Å². The summed E-state index contributed by atoms with van der Waals surface area (Å²) in [6, 6.07) is 8.53. The van der Waals surface area contributed by atoms with Gasteiger partial charge in [-0.05, 0) is 24.5 Å². The third kappa shape index (κ3) is 3.86. The summed E-state index contributed by atoms with van der Waals surface area (Å²) in [5, 5.41) is 12.4. The van der Waals surface area contributed by atoms with Gasteiger partial charge in [0.2, 0.25) is 0 Å². The smallest absolute Gasteiger partial charge is 0.339 e. The van der Waals surface area contributed by atoms with Crippen molar-refractivity contribution in [3.8, 4) is 0 Å². The minimum atomic E-state index is -1.01. The molecule has 0 saturated heterocycles. The molecule has 0 saturated carbocycles. The van der Waals surface area contributed by atoms with Crippen LogP contribution < -0.4 is 5.32 Å². The summed E-state index contributed by atoms with van der Waals surface area (Å²) in [4.78, 5) is 18.9. The molecule has 0 aliphatic carbocycles. The summed E-state index contributed by atoms with van der Waals surface area (Å²) < 4.78 is 0. The maximum absolute atomic E-state index is 11.1. The Balaban J connectivity index is 2.03. The van der Waals surface area contributed by atoms with Crippen LogP contribution in [0.2, 0.25) is 0 Å². The maximum Gasteiger partial charge on any atom is 0.339 e. The Morgan fingerprint density at radius 1 is 1.33 bits per heavy atom. The van der Waals surface area contributed by atoms with Gasteiger partial charge < -0.3 is 10.4 Å². The number of hydrogen-bond acceptors (Lipinski definition) is 4. The molecular weight excluding hydrogens is 266 g/mol. The predicted molar refractivity (Wildman–Crippen MR) is 80.1 cm³/mol. The number of benzene rings is 1. The molecule has 0 aliphatic heterocycles. The van der Waals surface area contributed by atoms with Gasteiger partial charge in [0.25, 0.3) is 0 Å². The fourth-order valence-electron chi connectivity index (χ4n) is 2.08. The molecule has 21 heavy (non-hydrogen) atoms. The standard InChI is InChI=1S/C16H19N3O2/c1-3-12-4-6-13(7-5-12)11(2)18-9-15-14(16(20)21)8-17-10-19-15/h4-8,10-11,18H,3,9H2,1-2H3,(H,20,21). The third-order valence-electron chi connectivity index (χ3n) is 3.49. The lowest BCUT2D eigenvalue weighted by Gasteiger charge is -2.15. The zero-order chi connectivity index (χ0) is 15.2. The van der Waals surface area contributed by atoms with E-state index in [9.17, 15) is 4.79 Å². The second-order valence-electron chi connectivity index (χ2n) is 4.89. The summed E-state index contributed by atoms with van der Waals surface area (Å²) in [7, 11) is 0. The molecule has 0 radical (unpaired) electrons. The molecule has 0 aliphatic rings. The Labute approximate surface area is 124 Å². The largest absolute Gasteiger partial charge is 0.478 e. The first-order chi connectivity index (χ1) is 10.1. The molecule has 2 rings (SSSR count). The maximum atomic E-state index is 11.1. The number of nitrogens with zero attached hydrogens (tertiary/aromatic N) is 2. The quantitative estimate of drug-likeness (QED) is 0.853. The molecule has 1 aromatic heterocycles. The van der Waals surface area contributed by atoms with E-state index in [0.29, 0.717) is 12.2 Å². The average Bonchev–Trinajstić information content (AvgIpc) is 2.52.